The number of benzene rings is 2. The fraction of sp³-hybridized carbons (Fsp3) is 0.346. The van der Waals surface area contributed by atoms with Gasteiger partial charge in [-0.2, -0.15) is 18.3 Å². The van der Waals surface area contributed by atoms with Crippen LogP contribution in [0.5, 0.6) is 0 Å². The number of carbonyl (C=O) groups is 2. The van der Waals surface area contributed by atoms with E-state index >= 15 is 0 Å². The van der Waals surface area contributed by atoms with Crippen molar-refractivity contribution in [2.24, 2.45) is 0 Å². The first-order valence-electron chi connectivity index (χ1n) is 11.3. The van der Waals surface area contributed by atoms with Gasteiger partial charge in [0.15, 0.2) is 0 Å². The van der Waals surface area contributed by atoms with E-state index in [0.717, 1.165) is 30.0 Å². The van der Waals surface area contributed by atoms with Crippen molar-refractivity contribution in [2.75, 3.05) is 11.9 Å². The summed E-state index contributed by atoms with van der Waals surface area (Å²) in [7, 11) is 0. The zero-order valence-electron chi connectivity index (χ0n) is 20.7. The smallest absolute Gasteiger partial charge is 0.327 e. The lowest BCUT2D eigenvalue weighted by Crippen LogP contribution is -2.42. The highest BCUT2D eigenvalue weighted by Crippen LogP contribution is 2.30. The van der Waals surface area contributed by atoms with Crippen LogP contribution in [0.15, 0.2) is 54.6 Å². The number of halogens is 4. The number of nitrogens with one attached hydrogen (secondary N) is 1. The molecule has 192 valence electrons. The highest BCUT2D eigenvalue weighted by Gasteiger charge is 2.31. The number of aromatic nitrogens is 2. The number of nitrogens with zero attached hydrogens (tertiary/aromatic N) is 3. The SMILES string of the molecule is CC(C)N(CC(=O)Nc1cc(C(C)(C)C)nn1-c1ccc(Cl)cc1)C(=O)c1ccc(C(F)(F)F)cc1. The van der Waals surface area contributed by atoms with Crippen LogP contribution in [0.25, 0.3) is 5.69 Å². The van der Waals surface area contributed by atoms with Crippen LogP contribution in [0.3, 0.4) is 0 Å². The highest BCUT2D eigenvalue weighted by atomic mass is 35.5. The van der Waals surface area contributed by atoms with Crippen molar-refractivity contribution >= 4 is 29.2 Å². The van der Waals surface area contributed by atoms with E-state index in [-0.39, 0.29) is 23.6 Å². The molecule has 0 aliphatic heterocycles. The molecule has 0 saturated carbocycles. The summed E-state index contributed by atoms with van der Waals surface area (Å²) in [5, 5.41) is 8.03. The molecule has 2 amide bonds. The van der Waals surface area contributed by atoms with E-state index < -0.39 is 23.6 Å². The monoisotopic (exact) mass is 520 g/mol. The second-order valence-electron chi connectivity index (χ2n) is 9.70. The first-order valence-corrected chi connectivity index (χ1v) is 11.7. The Morgan fingerprint density at radius 3 is 2.11 bits per heavy atom. The fourth-order valence-electron chi connectivity index (χ4n) is 3.41. The maximum atomic E-state index is 13.0. The molecule has 0 fully saturated rings. The van der Waals surface area contributed by atoms with E-state index in [2.05, 4.69) is 10.4 Å². The van der Waals surface area contributed by atoms with Gasteiger partial charge in [0.1, 0.15) is 12.4 Å². The predicted octanol–water partition coefficient (Wildman–Crippen LogP) is 6.33. The Morgan fingerprint density at radius 2 is 1.61 bits per heavy atom. The van der Waals surface area contributed by atoms with Gasteiger partial charge >= 0.3 is 6.18 Å². The molecule has 0 aliphatic rings. The van der Waals surface area contributed by atoms with Gasteiger partial charge in [-0.15, -0.1) is 0 Å². The molecule has 10 heteroatoms. The third kappa shape index (κ3) is 6.46. The number of anilines is 1. The molecule has 1 N–H and O–H groups in total. The van der Waals surface area contributed by atoms with Crippen molar-refractivity contribution in [1.82, 2.24) is 14.7 Å². The van der Waals surface area contributed by atoms with Crippen LogP contribution in [0, 0.1) is 0 Å². The van der Waals surface area contributed by atoms with Gasteiger partial charge in [-0.25, -0.2) is 4.68 Å². The molecule has 36 heavy (non-hydrogen) atoms. The van der Waals surface area contributed by atoms with Gasteiger partial charge in [0, 0.05) is 28.1 Å². The minimum Gasteiger partial charge on any atom is -0.327 e. The molecule has 0 spiro atoms. The molecule has 0 radical (unpaired) electrons. The largest absolute Gasteiger partial charge is 0.416 e. The summed E-state index contributed by atoms with van der Waals surface area (Å²) in [6.07, 6.45) is -4.50. The van der Waals surface area contributed by atoms with Crippen molar-refractivity contribution in [3.63, 3.8) is 0 Å². The molecular formula is C26H28ClF3N4O2. The van der Waals surface area contributed by atoms with Crippen molar-refractivity contribution in [2.45, 2.75) is 52.3 Å². The van der Waals surface area contributed by atoms with Crippen LogP contribution in [0.2, 0.25) is 5.02 Å². The Balaban J connectivity index is 1.84. The lowest BCUT2D eigenvalue weighted by molar-refractivity contribution is -0.137. The summed E-state index contributed by atoms with van der Waals surface area (Å²) in [6.45, 7) is 9.15. The highest BCUT2D eigenvalue weighted by molar-refractivity contribution is 6.30. The zero-order valence-corrected chi connectivity index (χ0v) is 21.4. The van der Waals surface area contributed by atoms with Crippen LogP contribution < -0.4 is 5.32 Å². The second kappa shape index (κ2) is 10.3. The van der Waals surface area contributed by atoms with Gasteiger partial charge < -0.3 is 10.2 Å². The molecule has 2 aromatic carbocycles. The van der Waals surface area contributed by atoms with Crippen molar-refractivity contribution in [3.05, 3.63) is 76.4 Å². The van der Waals surface area contributed by atoms with Gasteiger partial charge in [0.25, 0.3) is 5.91 Å². The maximum absolute atomic E-state index is 13.0. The second-order valence-corrected chi connectivity index (χ2v) is 10.1. The summed E-state index contributed by atoms with van der Waals surface area (Å²) in [6, 6.07) is 12.3. The molecule has 0 unspecified atom stereocenters. The molecule has 1 aromatic heterocycles. The Hall–Kier alpha value is -3.33. The Labute approximate surface area is 213 Å². The summed E-state index contributed by atoms with van der Waals surface area (Å²) >= 11 is 6.01. The van der Waals surface area contributed by atoms with E-state index in [0.29, 0.717) is 16.5 Å². The van der Waals surface area contributed by atoms with Crippen molar-refractivity contribution in [3.8, 4) is 5.69 Å². The Morgan fingerprint density at radius 1 is 1.03 bits per heavy atom. The van der Waals surface area contributed by atoms with Crippen LogP contribution in [0.4, 0.5) is 19.0 Å². The van der Waals surface area contributed by atoms with Gasteiger partial charge in [-0.3, -0.25) is 9.59 Å². The third-order valence-electron chi connectivity index (χ3n) is 5.47. The molecule has 0 saturated heterocycles. The molecule has 0 bridgehead atoms. The molecule has 3 rings (SSSR count). The third-order valence-corrected chi connectivity index (χ3v) is 5.73. The van der Waals surface area contributed by atoms with Gasteiger partial charge in [-0.05, 0) is 62.4 Å². The van der Waals surface area contributed by atoms with Crippen molar-refractivity contribution in [1.29, 1.82) is 0 Å². The number of hydrogen-bond donors (Lipinski definition) is 1. The first kappa shape index (κ1) is 27.3. The lowest BCUT2D eigenvalue weighted by Gasteiger charge is -2.26. The molecule has 6 nitrogen and oxygen atoms in total. The Bertz CT molecular complexity index is 1230. The summed E-state index contributed by atoms with van der Waals surface area (Å²) in [4.78, 5) is 27.4. The number of alkyl halides is 3. The van der Waals surface area contributed by atoms with E-state index in [1.165, 1.54) is 4.90 Å². The lowest BCUT2D eigenvalue weighted by atomic mass is 9.92. The topological polar surface area (TPSA) is 67.2 Å². The Kier molecular flexibility index (Phi) is 7.83. The average molecular weight is 521 g/mol. The van der Waals surface area contributed by atoms with Gasteiger partial charge in [-0.1, -0.05) is 32.4 Å². The zero-order chi connectivity index (χ0) is 26.8. The van der Waals surface area contributed by atoms with Crippen molar-refractivity contribution < 1.29 is 22.8 Å². The number of carbonyl (C=O) groups excluding carboxylic acids is 2. The van der Waals surface area contributed by atoms with Gasteiger partial charge in [0.05, 0.1) is 16.9 Å². The average Bonchev–Trinajstić information content (AvgIpc) is 3.21. The van der Waals surface area contributed by atoms with Crippen LogP contribution in [-0.2, 0) is 16.4 Å². The number of rotatable bonds is 6. The number of hydrogen-bond acceptors (Lipinski definition) is 3. The fourth-order valence-corrected chi connectivity index (χ4v) is 3.54. The molecule has 0 atom stereocenters. The molecule has 1 heterocycles. The molecule has 0 aliphatic carbocycles. The molecule has 3 aromatic rings. The maximum Gasteiger partial charge on any atom is 0.416 e. The summed E-state index contributed by atoms with van der Waals surface area (Å²) in [5.74, 6) is -0.604. The normalized spacial score (nSPS) is 12.1. The van der Waals surface area contributed by atoms with Crippen LogP contribution in [-0.4, -0.2) is 39.1 Å². The first-order chi connectivity index (χ1) is 16.7. The van der Waals surface area contributed by atoms with Crippen LogP contribution in [0.1, 0.15) is 56.2 Å². The standard InChI is InChI=1S/C26H28ClF3N4O2/c1-16(2)33(24(36)17-6-8-18(9-7-17)26(28,29)30)15-23(35)31-22-14-21(25(3,4)5)32-34(22)20-12-10-19(27)11-13-20/h6-14,16H,15H2,1-5H3,(H,31,35). The molecular weight excluding hydrogens is 493 g/mol. The van der Waals surface area contributed by atoms with Gasteiger partial charge in [0.2, 0.25) is 5.91 Å². The summed E-state index contributed by atoms with van der Waals surface area (Å²) < 4.78 is 40.2. The van der Waals surface area contributed by atoms with Crippen LogP contribution >= 0.6 is 11.6 Å². The number of amides is 2. The predicted molar refractivity (Wildman–Crippen MR) is 134 cm³/mol. The van der Waals surface area contributed by atoms with E-state index in [1.54, 1.807) is 48.9 Å². The van der Waals surface area contributed by atoms with E-state index in [1.807, 2.05) is 20.8 Å². The quantitative estimate of drug-likeness (QED) is 0.413. The van der Waals surface area contributed by atoms with E-state index in [9.17, 15) is 22.8 Å². The van der Waals surface area contributed by atoms with E-state index in [4.69, 9.17) is 11.6 Å². The minimum atomic E-state index is -4.50. The summed E-state index contributed by atoms with van der Waals surface area (Å²) in [5.41, 5.74) is 0.351. The minimum absolute atomic E-state index is 0.0609.